The summed E-state index contributed by atoms with van der Waals surface area (Å²) in [6, 6.07) is 4.77. The van der Waals surface area contributed by atoms with Gasteiger partial charge in [-0.25, -0.2) is 0 Å². The summed E-state index contributed by atoms with van der Waals surface area (Å²) in [7, 11) is 0. The molecule has 2 N–H and O–H groups in total. The Bertz CT molecular complexity index is 356. The first kappa shape index (κ1) is 6.49. The number of aromatic hydroxyl groups is 2. The molecule has 0 aliphatic carbocycles. The van der Waals surface area contributed by atoms with Gasteiger partial charge in [-0.2, -0.15) is 0 Å². The van der Waals surface area contributed by atoms with Crippen LogP contribution >= 0.6 is 11.3 Å². The smallest absolute Gasteiger partial charge is 0.133 e. The lowest BCUT2D eigenvalue weighted by atomic mass is 10.2. The van der Waals surface area contributed by atoms with Crippen LogP contribution in [0.15, 0.2) is 23.6 Å². The lowest BCUT2D eigenvalue weighted by molar-refractivity contribution is 0.470. The highest BCUT2D eigenvalue weighted by Crippen LogP contribution is 2.35. The second-order valence-corrected chi connectivity index (χ2v) is 3.18. The van der Waals surface area contributed by atoms with E-state index in [4.69, 9.17) is 0 Å². The fourth-order valence-electron chi connectivity index (χ4n) is 1.03. The molecule has 0 radical (unpaired) electrons. The van der Waals surface area contributed by atoms with Crippen LogP contribution in [0.2, 0.25) is 0 Å². The summed E-state index contributed by atoms with van der Waals surface area (Å²) in [4.78, 5) is 0. The van der Waals surface area contributed by atoms with E-state index in [1.807, 2.05) is 5.38 Å². The third-order valence-electron chi connectivity index (χ3n) is 1.57. The topological polar surface area (TPSA) is 40.5 Å². The van der Waals surface area contributed by atoms with Crippen molar-refractivity contribution in [2.24, 2.45) is 0 Å². The second-order valence-electron chi connectivity index (χ2n) is 2.27. The van der Waals surface area contributed by atoms with Crippen molar-refractivity contribution in [3.63, 3.8) is 0 Å². The summed E-state index contributed by atoms with van der Waals surface area (Å²) in [6.07, 6.45) is 0. The summed E-state index contributed by atoms with van der Waals surface area (Å²) in [5.74, 6) is 0.451. The highest BCUT2D eigenvalue weighted by atomic mass is 32.1. The standard InChI is InChI=1S/C8H6O2S/c9-6-1-2-7(10)8-5(6)3-4-11-8/h1-4,9-10H. The van der Waals surface area contributed by atoms with Gasteiger partial charge in [-0.05, 0) is 23.6 Å². The minimum Gasteiger partial charge on any atom is -0.507 e. The molecular weight excluding hydrogens is 160 g/mol. The highest BCUT2D eigenvalue weighted by molar-refractivity contribution is 7.17. The predicted molar refractivity (Wildman–Crippen MR) is 45.2 cm³/mol. The summed E-state index contributed by atoms with van der Waals surface area (Å²) in [6.45, 7) is 0. The zero-order chi connectivity index (χ0) is 7.84. The number of rotatable bonds is 0. The zero-order valence-electron chi connectivity index (χ0n) is 5.61. The number of hydrogen-bond donors (Lipinski definition) is 2. The number of phenols is 2. The van der Waals surface area contributed by atoms with Crippen molar-refractivity contribution in [2.45, 2.75) is 0 Å². The molecular formula is C8H6O2S. The lowest BCUT2D eigenvalue weighted by Crippen LogP contribution is -1.66. The molecule has 0 spiro atoms. The van der Waals surface area contributed by atoms with Gasteiger partial charge < -0.3 is 10.2 Å². The van der Waals surface area contributed by atoms with Crippen LogP contribution in [0, 0.1) is 0 Å². The maximum Gasteiger partial charge on any atom is 0.133 e. The van der Waals surface area contributed by atoms with Crippen molar-refractivity contribution >= 4 is 21.4 Å². The molecule has 3 heteroatoms. The van der Waals surface area contributed by atoms with Gasteiger partial charge in [0.05, 0.1) is 4.70 Å². The molecule has 56 valence electrons. The molecule has 0 saturated heterocycles. The van der Waals surface area contributed by atoms with Gasteiger partial charge in [-0.15, -0.1) is 11.3 Å². The van der Waals surface area contributed by atoms with E-state index in [0.29, 0.717) is 0 Å². The lowest BCUT2D eigenvalue weighted by Gasteiger charge is -1.95. The van der Waals surface area contributed by atoms with Crippen LogP contribution in [0.1, 0.15) is 0 Å². The molecule has 11 heavy (non-hydrogen) atoms. The van der Waals surface area contributed by atoms with Crippen LogP contribution in [0.4, 0.5) is 0 Å². The third-order valence-corrected chi connectivity index (χ3v) is 2.51. The molecule has 2 rings (SSSR count). The molecule has 2 nitrogen and oxygen atoms in total. The summed E-state index contributed by atoms with van der Waals surface area (Å²) >= 11 is 1.42. The average molecular weight is 166 g/mol. The van der Waals surface area contributed by atoms with E-state index in [0.717, 1.165) is 10.1 Å². The second kappa shape index (κ2) is 2.13. The molecule has 0 atom stereocenters. The van der Waals surface area contributed by atoms with Crippen molar-refractivity contribution in [3.8, 4) is 11.5 Å². The Morgan fingerprint density at radius 1 is 1.00 bits per heavy atom. The van der Waals surface area contributed by atoms with E-state index in [2.05, 4.69) is 0 Å². The third kappa shape index (κ3) is 0.851. The minimum atomic E-state index is 0.221. The Morgan fingerprint density at radius 2 is 1.73 bits per heavy atom. The summed E-state index contributed by atoms with van der Waals surface area (Å²) < 4.78 is 0.741. The molecule has 1 heterocycles. The van der Waals surface area contributed by atoms with Crippen LogP contribution in [-0.4, -0.2) is 10.2 Å². The normalized spacial score (nSPS) is 10.5. The number of benzene rings is 1. The van der Waals surface area contributed by atoms with Crippen molar-refractivity contribution in [1.29, 1.82) is 0 Å². The van der Waals surface area contributed by atoms with Gasteiger partial charge in [0, 0.05) is 5.39 Å². The molecule has 2 aromatic rings. The minimum absolute atomic E-state index is 0.221. The van der Waals surface area contributed by atoms with Gasteiger partial charge in [0.2, 0.25) is 0 Å². The fourth-order valence-corrected chi connectivity index (χ4v) is 1.86. The number of hydrogen-bond acceptors (Lipinski definition) is 3. The summed E-state index contributed by atoms with van der Waals surface area (Å²) in [5, 5.41) is 21.1. The van der Waals surface area contributed by atoms with Gasteiger partial charge in [-0.3, -0.25) is 0 Å². The predicted octanol–water partition coefficient (Wildman–Crippen LogP) is 2.31. The SMILES string of the molecule is Oc1ccc(O)c2sccc12. The maximum absolute atomic E-state index is 9.28. The Morgan fingerprint density at radius 3 is 2.45 bits per heavy atom. The van der Waals surface area contributed by atoms with Gasteiger partial charge in [0.25, 0.3) is 0 Å². The molecule has 0 fully saturated rings. The van der Waals surface area contributed by atoms with E-state index >= 15 is 0 Å². The van der Waals surface area contributed by atoms with Gasteiger partial charge in [-0.1, -0.05) is 0 Å². The first-order chi connectivity index (χ1) is 5.29. The van der Waals surface area contributed by atoms with Gasteiger partial charge in [0.1, 0.15) is 11.5 Å². The number of phenolic OH excluding ortho intramolecular Hbond substituents is 2. The van der Waals surface area contributed by atoms with E-state index in [9.17, 15) is 10.2 Å². The van der Waals surface area contributed by atoms with E-state index in [1.54, 1.807) is 6.07 Å². The summed E-state index contributed by atoms with van der Waals surface area (Å²) in [5.41, 5.74) is 0. The molecule has 0 amide bonds. The molecule has 1 aromatic heterocycles. The maximum atomic E-state index is 9.28. The molecule has 0 saturated carbocycles. The van der Waals surface area contributed by atoms with Crippen molar-refractivity contribution in [1.82, 2.24) is 0 Å². The zero-order valence-corrected chi connectivity index (χ0v) is 6.43. The molecule has 0 aliphatic rings. The van der Waals surface area contributed by atoms with Crippen LogP contribution in [0.5, 0.6) is 11.5 Å². The number of thiophene rings is 1. The quantitative estimate of drug-likeness (QED) is 0.589. The Labute approximate surface area is 67.3 Å². The van der Waals surface area contributed by atoms with E-state index in [-0.39, 0.29) is 11.5 Å². The Hall–Kier alpha value is -1.22. The van der Waals surface area contributed by atoms with Crippen LogP contribution in [0.25, 0.3) is 10.1 Å². The molecule has 0 bridgehead atoms. The van der Waals surface area contributed by atoms with Crippen LogP contribution in [-0.2, 0) is 0 Å². The Kier molecular flexibility index (Phi) is 1.26. The highest BCUT2D eigenvalue weighted by Gasteiger charge is 2.03. The number of fused-ring (bicyclic) bond motifs is 1. The van der Waals surface area contributed by atoms with Crippen molar-refractivity contribution in [2.75, 3.05) is 0 Å². The Balaban J connectivity index is 2.96. The van der Waals surface area contributed by atoms with Crippen molar-refractivity contribution in [3.05, 3.63) is 23.6 Å². The molecule has 0 unspecified atom stereocenters. The van der Waals surface area contributed by atoms with E-state index < -0.39 is 0 Å². The monoisotopic (exact) mass is 166 g/mol. The largest absolute Gasteiger partial charge is 0.507 e. The first-order valence-electron chi connectivity index (χ1n) is 3.17. The van der Waals surface area contributed by atoms with Gasteiger partial charge >= 0.3 is 0 Å². The van der Waals surface area contributed by atoms with Crippen LogP contribution in [0.3, 0.4) is 0 Å². The van der Waals surface area contributed by atoms with Crippen molar-refractivity contribution < 1.29 is 10.2 Å². The van der Waals surface area contributed by atoms with Crippen LogP contribution < -0.4 is 0 Å². The fraction of sp³-hybridized carbons (Fsp3) is 0. The molecule has 0 aliphatic heterocycles. The van der Waals surface area contributed by atoms with E-state index in [1.165, 1.54) is 23.5 Å². The molecule has 1 aromatic carbocycles. The van der Waals surface area contributed by atoms with Gasteiger partial charge in [0.15, 0.2) is 0 Å². The first-order valence-corrected chi connectivity index (χ1v) is 4.05. The average Bonchev–Trinajstić information content (AvgIpc) is 2.45.